The first kappa shape index (κ1) is 12.3. The van der Waals surface area contributed by atoms with Crippen molar-refractivity contribution in [3.63, 3.8) is 0 Å². The number of thiophene rings is 1. The third-order valence-corrected chi connectivity index (χ3v) is 4.43. The minimum absolute atomic E-state index is 0.213. The van der Waals surface area contributed by atoms with E-state index in [1.165, 1.54) is 26.1 Å². The van der Waals surface area contributed by atoms with Gasteiger partial charge in [-0.2, -0.15) is 0 Å². The molecule has 0 saturated carbocycles. The number of hydrogen-bond donors (Lipinski definition) is 1. The van der Waals surface area contributed by atoms with Crippen molar-refractivity contribution in [1.29, 1.82) is 0 Å². The summed E-state index contributed by atoms with van der Waals surface area (Å²) in [4.78, 5) is 5.63. The van der Waals surface area contributed by atoms with E-state index >= 15 is 0 Å². The van der Waals surface area contributed by atoms with Gasteiger partial charge in [-0.05, 0) is 42.6 Å². The summed E-state index contributed by atoms with van der Waals surface area (Å²) >= 11 is 1.84. The Morgan fingerprint density at radius 2 is 2.00 bits per heavy atom. The van der Waals surface area contributed by atoms with Gasteiger partial charge in [0.2, 0.25) is 0 Å². The van der Waals surface area contributed by atoms with Crippen LogP contribution in [0.3, 0.4) is 0 Å². The first-order chi connectivity index (χ1) is 9.28. The Hall–Kier alpha value is -1.71. The first-order valence-electron chi connectivity index (χ1n) is 6.35. The molecule has 0 saturated heterocycles. The van der Waals surface area contributed by atoms with E-state index in [1.807, 2.05) is 30.8 Å². The maximum atomic E-state index is 4.30. The molecule has 1 atom stereocenters. The lowest BCUT2D eigenvalue weighted by Crippen LogP contribution is -2.16. The average molecular weight is 268 g/mol. The van der Waals surface area contributed by atoms with E-state index in [-0.39, 0.29) is 6.04 Å². The van der Waals surface area contributed by atoms with Gasteiger partial charge in [0.15, 0.2) is 0 Å². The second kappa shape index (κ2) is 5.11. The highest BCUT2D eigenvalue weighted by Gasteiger charge is 2.15. The Bertz CT molecular complexity index is 670. The van der Waals surface area contributed by atoms with Gasteiger partial charge in [-0.15, -0.1) is 11.3 Å². The van der Waals surface area contributed by atoms with Crippen LogP contribution in [0.4, 0.5) is 0 Å². The SMILES string of the molecule is CNC(c1cncc(C)c1)c1cc2ccccc2s1. The largest absolute Gasteiger partial charge is 0.309 e. The molecule has 3 aromatic rings. The average Bonchev–Trinajstić information content (AvgIpc) is 2.83. The molecule has 0 fully saturated rings. The van der Waals surface area contributed by atoms with Crippen molar-refractivity contribution in [1.82, 2.24) is 10.3 Å². The number of nitrogens with zero attached hydrogens (tertiary/aromatic N) is 1. The van der Waals surface area contributed by atoms with Gasteiger partial charge in [0.05, 0.1) is 6.04 Å². The Balaban J connectivity index is 2.06. The number of aryl methyl sites for hydroxylation is 1. The molecule has 2 heterocycles. The van der Waals surface area contributed by atoms with Gasteiger partial charge in [-0.25, -0.2) is 0 Å². The molecule has 0 bridgehead atoms. The Kier molecular flexibility index (Phi) is 3.32. The molecule has 2 aromatic heterocycles. The van der Waals surface area contributed by atoms with Crippen LogP contribution < -0.4 is 5.32 Å². The van der Waals surface area contributed by atoms with Crippen LogP contribution in [0.5, 0.6) is 0 Å². The summed E-state index contributed by atoms with van der Waals surface area (Å²) in [7, 11) is 2.00. The fraction of sp³-hybridized carbons (Fsp3) is 0.188. The number of hydrogen-bond acceptors (Lipinski definition) is 3. The zero-order valence-corrected chi connectivity index (χ0v) is 11.9. The van der Waals surface area contributed by atoms with Crippen molar-refractivity contribution in [3.05, 3.63) is 64.8 Å². The lowest BCUT2D eigenvalue weighted by Gasteiger charge is -2.14. The molecule has 96 valence electrons. The van der Waals surface area contributed by atoms with Crippen LogP contribution in [0.15, 0.2) is 48.8 Å². The fourth-order valence-corrected chi connectivity index (χ4v) is 3.56. The van der Waals surface area contributed by atoms with Gasteiger partial charge < -0.3 is 5.32 Å². The van der Waals surface area contributed by atoms with Crippen molar-refractivity contribution in [3.8, 4) is 0 Å². The zero-order chi connectivity index (χ0) is 13.2. The van der Waals surface area contributed by atoms with Crippen molar-refractivity contribution in [2.75, 3.05) is 7.05 Å². The highest BCUT2D eigenvalue weighted by atomic mass is 32.1. The summed E-state index contributed by atoms with van der Waals surface area (Å²) in [6.07, 6.45) is 3.83. The molecule has 0 aliphatic heterocycles. The highest BCUT2D eigenvalue weighted by molar-refractivity contribution is 7.19. The van der Waals surface area contributed by atoms with E-state index in [0.717, 1.165) is 0 Å². The Morgan fingerprint density at radius 3 is 2.74 bits per heavy atom. The first-order valence-corrected chi connectivity index (χ1v) is 7.17. The summed E-state index contributed by atoms with van der Waals surface area (Å²) in [5.41, 5.74) is 2.41. The lowest BCUT2D eigenvalue weighted by atomic mass is 10.1. The zero-order valence-electron chi connectivity index (χ0n) is 11.1. The van der Waals surface area contributed by atoms with Crippen LogP contribution in [-0.4, -0.2) is 12.0 Å². The van der Waals surface area contributed by atoms with Crippen LogP contribution in [0.2, 0.25) is 0 Å². The molecule has 0 aliphatic rings. The van der Waals surface area contributed by atoms with E-state index in [4.69, 9.17) is 0 Å². The third-order valence-electron chi connectivity index (χ3n) is 3.25. The predicted molar refractivity (Wildman–Crippen MR) is 81.7 cm³/mol. The molecule has 1 N–H and O–H groups in total. The van der Waals surface area contributed by atoms with E-state index in [9.17, 15) is 0 Å². The van der Waals surface area contributed by atoms with Crippen LogP contribution in [0.1, 0.15) is 22.0 Å². The molecule has 2 nitrogen and oxygen atoms in total. The number of aromatic nitrogens is 1. The molecular formula is C16H16N2S. The Morgan fingerprint density at radius 1 is 1.16 bits per heavy atom. The van der Waals surface area contributed by atoms with E-state index < -0.39 is 0 Å². The highest BCUT2D eigenvalue weighted by Crippen LogP contribution is 2.32. The standard InChI is InChI=1S/C16H16N2S/c1-11-7-13(10-18-9-11)16(17-2)15-8-12-5-3-4-6-14(12)19-15/h3-10,16-17H,1-2H3. The van der Waals surface area contributed by atoms with Crippen LogP contribution in [0.25, 0.3) is 10.1 Å². The van der Waals surface area contributed by atoms with Crippen LogP contribution in [-0.2, 0) is 0 Å². The summed E-state index contributed by atoms with van der Waals surface area (Å²) < 4.78 is 1.33. The smallest absolute Gasteiger partial charge is 0.0684 e. The monoisotopic (exact) mass is 268 g/mol. The predicted octanol–water partition coefficient (Wildman–Crippen LogP) is 3.91. The van der Waals surface area contributed by atoms with E-state index in [0.29, 0.717) is 0 Å². The molecule has 19 heavy (non-hydrogen) atoms. The second-order valence-corrected chi connectivity index (χ2v) is 5.82. The Labute approximate surface area is 117 Å². The molecular weight excluding hydrogens is 252 g/mol. The minimum Gasteiger partial charge on any atom is -0.309 e. The number of benzene rings is 1. The summed E-state index contributed by atoms with van der Waals surface area (Å²) in [5, 5.41) is 4.70. The lowest BCUT2D eigenvalue weighted by molar-refractivity contribution is 0.700. The molecule has 0 radical (unpaired) electrons. The number of nitrogens with one attached hydrogen (secondary N) is 1. The quantitative estimate of drug-likeness (QED) is 0.779. The van der Waals surface area contributed by atoms with Crippen molar-refractivity contribution in [2.24, 2.45) is 0 Å². The fourth-order valence-electron chi connectivity index (χ4n) is 2.35. The maximum absolute atomic E-state index is 4.30. The van der Waals surface area contributed by atoms with Gasteiger partial charge in [0, 0.05) is 22.0 Å². The van der Waals surface area contributed by atoms with Gasteiger partial charge in [-0.3, -0.25) is 4.98 Å². The molecule has 3 rings (SSSR count). The molecule has 0 aliphatic carbocycles. The number of pyridine rings is 1. The number of fused-ring (bicyclic) bond motifs is 1. The van der Waals surface area contributed by atoms with Crippen molar-refractivity contribution >= 4 is 21.4 Å². The van der Waals surface area contributed by atoms with Crippen molar-refractivity contribution in [2.45, 2.75) is 13.0 Å². The summed E-state index contributed by atoms with van der Waals surface area (Å²) in [6.45, 7) is 2.08. The van der Waals surface area contributed by atoms with Crippen LogP contribution in [0, 0.1) is 6.92 Å². The molecule has 0 amide bonds. The summed E-state index contributed by atoms with van der Waals surface area (Å²) in [6, 6.07) is 13.2. The van der Waals surface area contributed by atoms with Gasteiger partial charge in [0.25, 0.3) is 0 Å². The maximum Gasteiger partial charge on any atom is 0.0684 e. The van der Waals surface area contributed by atoms with Crippen molar-refractivity contribution < 1.29 is 0 Å². The van der Waals surface area contributed by atoms with E-state index in [2.05, 4.69) is 53.6 Å². The summed E-state index contributed by atoms with van der Waals surface area (Å²) in [5.74, 6) is 0. The van der Waals surface area contributed by atoms with Gasteiger partial charge in [0.1, 0.15) is 0 Å². The third kappa shape index (κ3) is 2.39. The normalized spacial score (nSPS) is 12.7. The molecule has 1 aromatic carbocycles. The topological polar surface area (TPSA) is 24.9 Å². The van der Waals surface area contributed by atoms with Gasteiger partial charge >= 0.3 is 0 Å². The number of rotatable bonds is 3. The van der Waals surface area contributed by atoms with Crippen LogP contribution >= 0.6 is 11.3 Å². The second-order valence-electron chi connectivity index (χ2n) is 4.70. The minimum atomic E-state index is 0.213. The van der Waals surface area contributed by atoms with E-state index in [1.54, 1.807) is 0 Å². The molecule has 1 unspecified atom stereocenters. The molecule has 3 heteroatoms. The molecule has 0 spiro atoms. The van der Waals surface area contributed by atoms with Gasteiger partial charge in [-0.1, -0.05) is 24.3 Å².